The van der Waals surface area contributed by atoms with E-state index in [0.717, 1.165) is 11.0 Å². The molecule has 0 bridgehead atoms. The number of rotatable bonds is 5. The van der Waals surface area contributed by atoms with E-state index in [4.69, 9.17) is 4.74 Å². The lowest BCUT2D eigenvalue weighted by Crippen LogP contribution is -2.30. The number of nitrogens with zero attached hydrogens (tertiary/aromatic N) is 3. The monoisotopic (exact) mass is 380 g/mol. The minimum absolute atomic E-state index is 0.0799. The highest BCUT2D eigenvalue weighted by Gasteiger charge is 2.17. The van der Waals surface area contributed by atoms with E-state index in [2.05, 4.69) is 50.0 Å². The van der Waals surface area contributed by atoms with Crippen molar-refractivity contribution >= 4 is 22.6 Å². The van der Waals surface area contributed by atoms with Gasteiger partial charge in [0.05, 0.1) is 18.1 Å². The van der Waals surface area contributed by atoms with E-state index >= 15 is 0 Å². The van der Waals surface area contributed by atoms with Gasteiger partial charge in [-0.1, -0.05) is 32.9 Å². The van der Waals surface area contributed by atoms with Crippen LogP contribution in [0.15, 0.2) is 42.7 Å². The van der Waals surface area contributed by atoms with E-state index in [1.807, 2.05) is 35.0 Å². The molecule has 0 aliphatic heterocycles. The molecule has 1 aromatic carbocycles. The van der Waals surface area contributed by atoms with E-state index < -0.39 is 6.10 Å². The van der Waals surface area contributed by atoms with Crippen molar-refractivity contribution in [3.8, 4) is 5.75 Å². The first-order chi connectivity index (χ1) is 13.1. The molecule has 3 aromatic rings. The molecule has 1 N–H and O–H groups in total. The summed E-state index contributed by atoms with van der Waals surface area (Å²) in [6.45, 7) is 12.3. The standard InChI is InChI=1S/C22H28N4O2/c1-14(2)26-20-16(12-24-26)11-18(13-23-20)25-21(27)15(3)28-19-9-7-17(8-10-19)22(4,5)6/h7-15H,1-6H3,(H,25,27). The summed E-state index contributed by atoms with van der Waals surface area (Å²) in [6.07, 6.45) is 2.77. The van der Waals surface area contributed by atoms with Crippen LogP contribution in [0.1, 0.15) is 53.1 Å². The second-order valence-corrected chi connectivity index (χ2v) is 8.34. The lowest BCUT2D eigenvalue weighted by Gasteiger charge is -2.20. The largest absolute Gasteiger partial charge is 0.481 e. The number of aromatic nitrogens is 3. The summed E-state index contributed by atoms with van der Waals surface area (Å²) in [4.78, 5) is 16.9. The topological polar surface area (TPSA) is 69.0 Å². The smallest absolute Gasteiger partial charge is 0.265 e. The first-order valence-electron chi connectivity index (χ1n) is 9.56. The van der Waals surface area contributed by atoms with Gasteiger partial charge in [0.25, 0.3) is 5.91 Å². The van der Waals surface area contributed by atoms with Crippen molar-refractivity contribution in [3.05, 3.63) is 48.3 Å². The van der Waals surface area contributed by atoms with E-state index in [9.17, 15) is 4.79 Å². The van der Waals surface area contributed by atoms with Gasteiger partial charge in [-0.25, -0.2) is 9.67 Å². The number of carbonyl (C=O) groups excluding carboxylic acids is 1. The van der Waals surface area contributed by atoms with E-state index in [1.165, 1.54) is 5.56 Å². The minimum Gasteiger partial charge on any atom is -0.481 e. The quantitative estimate of drug-likeness (QED) is 0.696. The van der Waals surface area contributed by atoms with Gasteiger partial charge in [-0.05, 0) is 49.9 Å². The molecule has 0 fully saturated rings. The first-order valence-corrected chi connectivity index (χ1v) is 9.56. The van der Waals surface area contributed by atoms with E-state index in [0.29, 0.717) is 11.4 Å². The Morgan fingerprint density at radius 1 is 1.11 bits per heavy atom. The van der Waals surface area contributed by atoms with Gasteiger partial charge in [0.1, 0.15) is 5.75 Å². The van der Waals surface area contributed by atoms with Gasteiger partial charge in [0, 0.05) is 11.4 Å². The third-order valence-corrected chi connectivity index (χ3v) is 4.59. The SMILES string of the molecule is CC(Oc1ccc(C(C)(C)C)cc1)C(=O)Nc1cnc2c(cnn2C(C)C)c1. The van der Waals surface area contributed by atoms with E-state index in [-0.39, 0.29) is 17.4 Å². The molecule has 2 heterocycles. The molecular weight excluding hydrogens is 352 g/mol. The predicted molar refractivity (Wildman–Crippen MR) is 112 cm³/mol. The van der Waals surface area contributed by atoms with Gasteiger partial charge in [-0.3, -0.25) is 4.79 Å². The van der Waals surface area contributed by atoms with Crippen molar-refractivity contribution in [1.29, 1.82) is 0 Å². The summed E-state index contributed by atoms with van der Waals surface area (Å²) >= 11 is 0. The molecule has 2 aromatic heterocycles. The van der Waals surface area contributed by atoms with Gasteiger partial charge in [-0.2, -0.15) is 5.10 Å². The van der Waals surface area contributed by atoms with Crippen molar-refractivity contribution < 1.29 is 9.53 Å². The number of benzene rings is 1. The number of amides is 1. The van der Waals surface area contributed by atoms with Crippen LogP contribution in [-0.2, 0) is 10.2 Å². The highest BCUT2D eigenvalue weighted by atomic mass is 16.5. The summed E-state index contributed by atoms with van der Waals surface area (Å²) < 4.78 is 7.65. The van der Waals surface area contributed by atoms with Crippen LogP contribution in [0.4, 0.5) is 5.69 Å². The van der Waals surface area contributed by atoms with Crippen molar-refractivity contribution in [2.45, 2.75) is 59.1 Å². The van der Waals surface area contributed by atoms with Crippen LogP contribution in [0, 0.1) is 0 Å². The molecule has 0 saturated heterocycles. The van der Waals surface area contributed by atoms with Crippen LogP contribution >= 0.6 is 0 Å². The Morgan fingerprint density at radius 3 is 2.39 bits per heavy atom. The fourth-order valence-corrected chi connectivity index (χ4v) is 2.92. The molecule has 1 amide bonds. The number of pyridine rings is 1. The fourth-order valence-electron chi connectivity index (χ4n) is 2.92. The van der Waals surface area contributed by atoms with Crippen LogP contribution in [0.25, 0.3) is 11.0 Å². The summed E-state index contributed by atoms with van der Waals surface area (Å²) in [7, 11) is 0. The lowest BCUT2D eigenvalue weighted by atomic mass is 9.87. The molecule has 28 heavy (non-hydrogen) atoms. The maximum atomic E-state index is 12.5. The Balaban J connectivity index is 1.66. The number of anilines is 1. The molecule has 6 heteroatoms. The number of hydrogen-bond acceptors (Lipinski definition) is 4. The molecule has 3 rings (SSSR count). The van der Waals surface area contributed by atoms with Gasteiger partial charge in [0.2, 0.25) is 0 Å². The van der Waals surface area contributed by atoms with Crippen LogP contribution in [-0.4, -0.2) is 26.8 Å². The fraction of sp³-hybridized carbons (Fsp3) is 0.409. The number of nitrogens with one attached hydrogen (secondary N) is 1. The zero-order valence-electron chi connectivity index (χ0n) is 17.4. The molecule has 1 atom stereocenters. The van der Waals surface area contributed by atoms with Crippen LogP contribution in [0.5, 0.6) is 5.75 Å². The second kappa shape index (κ2) is 7.62. The molecule has 0 spiro atoms. The molecule has 0 aliphatic carbocycles. The van der Waals surface area contributed by atoms with Crippen LogP contribution in [0.2, 0.25) is 0 Å². The number of fused-ring (bicyclic) bond motifs is 1. The molecule has 6 nitrogen and oxygen atoms in total. The van der Waals surface area contributed by atoms with Gasteiger partial charge < -0.3 is 10.1 Å². The van der Waals surface area contributed by atoms with Gasteiger partial charge >= 0.3 is 0 Å². The Kier molecular flexibility index (Phi) is 5.40. The van der Waals surface area contributed by atoms with Crippen LogP contribution < -0.4 is 10.1 Å². The third kappa shape index (κ3) is 4.32. The Hall–Kier alpha value is -2.89. The number of hydrogen-bond donors (Lipinski definition) is 1. The summed E-state index contributed by atoms with van der Waals surface area (Å²) in [5, 5.41) is 8.10. The highest BCUT2D eigenvalue weighted by Crippen LogP contribution is 2.25. The molecule has 148 valence electrons. The minimum atomic E-state index is -0.630. The predicted octanol–water partition coefficient (Wildman–Crippen LogP) is 4.72. The van der Waals surface area contributed by atoms with Crippen molar-refractivity contribution in [1.82, 2.24) is 14.8 Å². The highest BCUT2D eigenvalue weighted by molar-refractivity contribution is 5.95. The summed E-state index contributed by atoms with van der Waals surface area (Å²) in [5.41, 5.74) is 2.73. The first kappa shape index (κ1) is 19.9. The lowest BCUT2D eigenvalue weighted by molar-refractivity contribution is -0.122. The molecule has 0 aliphatic rings. The summed E-state index contributed by atoms with van der Waals surface area (Å²) in [5.74, 6) is 0.444. The zero-order chi connectivity index (χ0) is 20.5. The van der Waals surface area contributed by atoms with Crippen molar-refractivity contribution in [3.63, 3.8) is 0 Å². The second-order valence-electron chi connectivity index (χ2n) is 8.34. The Morgan fingerprint density at radius 2 is 1.79 bits per heavy atom. The molecule has 1 unspecified atom stereocenters. The summed E-state index contributed by atoms with van der Waals surface area (Å²) in [6, 6.07) is 9.96. The Bertz CT molecular complexity index is 968. The molecular formula is C22H28N4O2. The maximum absolute atomic E-state index is 12.5. The number of carbonyl (C=O) groups is 1. The van der Waals surface area contributed by atoms with Crippen molar-refractivity contribution in [2.75, 3.05) is 5.32 Å². The normalized spacial score (nSPS) is 13.0. The average molecular weight is 380 g/mol. The maximum Gasteiger partial charge on any atom is 0.265 e. The molecule has 0 radical (unpaired) electrons. The number of ether oxygens (including phenoxy) is 1. The van der Waals surface area contributed by atoms with Gasteiger partial charge in [0.15, 0.2) is 11.8 Å². The van der Waals surface area contributed by atoms with Crippen LogP contribution in [0.3, 0.4) is 0 Å². The zero-order valence-corrected chi connectivity index (χ0v) is 17.4. The van der Waals surface area contributed by atoms with Gasteiger partial charge in [-0.15, -0.1) is 0 Å². The molecule has 0 saturated carbocycles. The Labute approximate surface area is 165 Å². The average Bonchev–Trinajstić information content (AvgIpc) is 3.04. The van der Waals surface area contributed by atoms with E-state index in [1.54, 1.807) is 19.3 Å². The van der Waals surface area contributed by atoms with Crippen molar-refractivity contribution in [2.24, 2.45) is 0 Å². The third-order valence-electron chi connectivity index (χ3n) is 4.59.